The second-order valence-corrected chi connectivity index (χ2v) is 4.49. The SMILES string of the molecule is C#CCOC(=O)/C=C/c1ccc(-c2ccc(OC)c([N+](=O)[O-])c2)o1. The Morgan fingerprint density at radius 3 is 2.88 bits per heavy atom. The minimum Gasteiger partial charge on any atom is -0.490 e. The molecule has 0 aliphatic heterocycles. The van der Waals surface area contributed by atoms with Crippen LogP contribution in [0.15, 0.2) is 40.8 Å². The van der Waals surface area contributed by atoms with Gasteiger partial charge in [0.25, 0.3) is 0 Å². The van der Waals surface area contributed by atoms with Crippen molar-refractivity contribution in [3.05, 3.63) is 52.3 Å². The zero-order valence-electron chi connectivity index (χ0n) is 12.7. The van der Waals surface area contributed by atoms with Crippen molar-refractivity contribution >= 4 is 17.7 Å². The monoisotopic (exact) mass is 327 g/mol. The molecule has 0 saturated heterocycles. The zero-order chi connectivity index (χ0) is 17.5. The van der Waals surface area contributed by atoms with E-state index < -0.39 is 10.9 Å². The van der Waals surface area contributed by atoms with Gasteiger partial charge in [-0.05, 0) is 30.3 Å². The number of hydrogen-bond donors (Lipinski definition) is 0. The predicted octanol–water partition coefficient (Wildman–Crippen LogP) is 3.05. The summed E-state index contributed by atoms with van der Waals surface area (Å²) in [6, 6.07) is 7.74. The maximum Gasteiger partial charge on any atom is 0.331 e. The Morgan fingerprint density at radius 1 is 1.42 bits per heavy atom. The van der Waals surface area contributed by atoms with Gasteiger partial charge in [0.1, 0.15) is 11.5 Å². The van der Waals surface area contributed by atoms with Gasteiger partial charge in [0, 0.05) is 17.7 Å². The lowest BCUT2D eigenvalue weighted by molar-refractivity contribution is -0.385. The number of benzene rings is 1. The number of methoxy groups -OCH3 is 1. The first-order chi connectivity index (χ1) is 11.5. The minimum absolute atomic E-state index is 0.109. The maximum absolute atomic E-state index is 11.3. The molecule has 122 valence electrons. The number of rotatable bonds is 6. The van der Waals surface area contributed by atoms with E-state index >= 15 is 0 Å². The highest BCUT2D eigenvalue weighted by Gasteiger charge is 2.17. The number of nitrogens with zero attached hydrogens (tertiary/aromatic N) is 1. The van der Waals surface area contributed by atoms with Crippen molar-refractivity contribution in [1.82, 2.24) is 0 Å². The summed E-state index contributed by atoms with van der Waals surface area (Å²) in [5, 5.41) is 11.1. The number of esters is 1. The molecule has 2 rings (SSSR count). The van der Waals surface area contributed by atoms with E-state index in [2.05, 4.69) is 10.7 Å². The van der Waals surface area contributed by atoms with Gasteiger partial charge in [0.05, 0.1) is 12.0 Å². The fourth-order valence-corrected chi connectivity index (χ4v) is 1.89. The fraction of sp³-hybridized carbons (Fsp3) is 0.118. The lowest BCUT2D eigenvalue weighted by atomic mass is 10.1. The molecule has 0 amide bonds. The molecule has 0 bridgehead atoms. The molecule has 1 heterocycles. The zero-order valence-corrected chi connectivity index (χ0v) is 12.7. The fourth-order valence-electron chi connectivity index (χ4n) is 1.89. The molecule has 0 aliphatic rings. The third kappa shape index (κ3) is 4.01. The third-order valence-electron chi connectivity index (χ3n) is 2.97. The van der Waals surface area contributed by atoms with E-state index in [1.54, 1.807) is 18.2 Å². The van der Waals surface area contributed by atoms with Crippen molar-refractivity contribution in [2.24, 2.45) is 0 Å². The van der Waals surface area contributed by atoms with Crippen molar-refractivity contribution in [1.29, 1.82) is 0 Å². The van der Waals surface area contributed by atoms with Crippen LogP contribution in [0, 0.1) is 22.5 Å². The van der Waals surface area contributed by atoms with Gasteiger partial charge in [-0.2, -0.15) is 0 Å². The maximum atomic E-state index is 11.3. The van der Waals surface area contributed by atoms with E-state index in [4.69, 9.17) is 15.6 Å². The Hall–Kier alpha value is -3.53. The predicted molar refractivity (Wildman–Crippen MR) is 86.2 cm³/mol. The van der Waals surface area contributed by atoms with E-state index in [0.717, 1.165) is 0 Å². The second kappa shape index (κ2) is 7.65. The number of terminal acetylenes is 1. The first-order valence-electron chi connectivity index (χ1n) is 6.76. The molecule has 0 radical (unpaired) electrons. The molecule has 7 heteroatoms. The summed E-state index contributed by atoms with van der Waals surface area (Å²) in [5.41, 5.74) is 0.346. The molecule has 0 spiro atoms. The van der Waals surface area contributed by atoms with Gasteiger partial charge in [-0.3, -0.25) is 10.1 Å². The molecular formula is C17H13NO6. The first-order valence-corrected chi connectivity index (χ1v) is 6.76. The lowest BCUT2D eigenvalue weighted by Crippen LogP contribution is -1.99. The molecule has 7 nitrogen and oxygen atoms in total. The van der Waals surface area contributed by atoms with Gasteiger partial charge in [0.15, 0.2) is 12.4 Å². The van der Waals surface area contributed by atoms with E-state index in [-0.39, 0.29) is 18.0 Å². The summed E-state index contributed by atoms with van der Waals surface area (Å²) >= 11 is 0. The minimum atomic E-state index is -0.592. The van der Waals surface area contributed by atoms with Crippen LogP contribution < -0.4 is 4.74 Å². The van der Waals surface area contributed by atoms with E-state index in [0.29, 0.717) is 17.1 Å². The molecule has 0 atom stereocenters. The number of ether oxygens (including phenoxy) is 2. The molecule has 0 fully saturated rings. The molecule has 0 N–H and O–H groups in total. The van der Waals surface area contributed by atoms with Gasteiger partial charge >= 0.3 is 11.7 Å². The summed E-state index contributed by atoms with van der Waals surface area (Å²) in [5.74, 6) is 2.55. The number of nitro benzene ring substituents is 1. The molecule has 0 unspecified atom stereocenters. The third-order valence-corrected chi connectivity index (χ3v) is 2.97. The quantitative estimate of drug-likeness (QED) is 0.266. The van der Waals surface area contributed by atoms with Crippen LogP contribution in [0.2, 0.25) is 0 Å². The van der Waals surface area contributed by atoms with Crippen molar-refractivity contribution in [2.45, 2.75) is 0 Å². The average Bonchev–Trinajstić information content (AvgIpc) is 3.06. The highest BCUT2D eigenvalue weighted by molar-refractivity contribution is 5.86. The van der Waals surface area contributed by atoms with Crippen molar-refractivity contribution in [3.8, 4) is 29.4 Å². The molecule has 1 aromatic heterocycles. The molecule has 1 aromatic carbocycles. The van der Waals surface area contributed by atoms with Crippen molar-refractivity contribution in [3.63, 3.8) is 0 Å². The summed E-state index contributed by atoms with van der Waals surface area (Å²) in [6.45, 7) is -0.109. The number of carbonyl (C=O) groups is 1. The van der Waals surface area contributed by atoms with Crippen LogP contribution in [-0.2, 0) is 9.53 Å². The number of nitro groups is 1. The highest BCUT2D eigenvalue weighted by Crippen LogP contribution is 2.32. The van der Waals surface area contributed by atoms with Gasteiger partial charge in [-0.15, -0.1) is 6.42 Å². The van der Waals surface area contributed by atoms with Gasteiger partial charge in [-0.25, -0.2) is 4.79 Å². The van der Waals surface area contributed by atoms with Crippen LogP contribution in [-0.4, -0.2) is 24.6 Å². The Labute approximate surface area is 137 Å². The summed E-state index contributed by atoms with van der Waals surface area (Å²) in [7, 11) is 1.36. The normalized spacial score (nSPS) is 10.3. The van der Waals surface area contributed by atoms with Crippen LogP contribution in [0.5, 0.6) is 5.75 Å². The Bertz CT molecular complexity index is 828. The van der Waals surface area contributed by atoms with Crippen LogP contribution in [0.3, 0.4) is 0 Å². The van der Waals surface area contributed by atoms with Crippen molar-refractivity contribution < 1.29 is 23.6 Å². The molecular weight excluding hydrogens is 314 g/mol. The standard InChI is InChI=1S/C17H13NO6/c1-3-10-23-17(19)9-6-13-5-8-15(24-13)12-4-7-16(22-2)14(11-12)18(20)21/h1,4-9,11H,10H2,2H3/b9-6+. The summed E-state index contributed by atoms with van der Waals surface area (Å²) < 4.78 is 15.2. The second-order valence-electron chi connectivity index (χ2n) is 4.49. The van der Waals surface area contributed by atoms with Crippen LogP contribution in [0.1, 0.15) is 5.76 Å². The van der Waals surface area contributed by atoms with Crippen molar-refractivity contribution in [2.75, 3.05) is 13.7 Å². The number of hydrogen-bond acceptors (Lipinski definition) is 6. The summed E-state index contributed by atoms with van der Waals surface area (Å²) in [4.78, 5) is 21.8. The van der Waals surface area contributed by atoms with E-state index in [1.807, 2.05) is 0 Å². The van der Waals surface area contributed by atoms with Crippen LogP contribution in [0.25, 0.3) is 17.4 Å². The lowest BCUT2D eigenvalue weighted by Gasteiger charge is -2.03. The number of furan rings is 1. The van der Waals surface area contributed by atoms with Gasteiger partial charge < -0.3 is 13.9 Å². The van der Waals surface area contributed by atoms with E-state index in [9.17, 15) is 14.9 Å². The average molecular weight is 327 g/mol. The topological polar surface area (TPSA) is 91.8 Å². The first kappa shape index (κ1) is 16.8. The Kier molecular flexibility index (Phi) is 5.36. The molecule has 0 saturated carbocycles. The highest BCUT2D eigenvalue weighted by atomic mass is 16.6. The Morgan fingerprint density at radius 2 is 2.21 bits per heavy atom. The molecule has 24 heavy (non-hydrogen) atoms. The van der Waals surface area contributed by atoms with Gasteiger partial charge in [-0.1, -0.05) is 5.92 Å². The summed E-state index contributed by atoms with van der Waals surface area (Å²) in [6.07, 6.45) is 7.57. The number of carbonyl (C=O) groups excluding carboxylic acids is 1. The Balaban J connectivity index is 2.20. The largest absolute Gasteiger partial charge is 0.490 e. The van der Waals surface area contributed by atoms with E-state index in [1.165, 1.54) is 31.4 Å². The smallest absolute Gasteiger partial charge is 0.331 e. The van der Waals surface area contributed by atoms with Gasteiger partial charge in [0.2, 0.25) is 0 Å². The van der Waals surface area contributed by atoms with Crippen LogP contribution >= 0.6 is 0 Å². The van der Waals surface area contributed by atoms with Crippen LogP contribution in [0.4, 0.5) is 5.69 Å². The molecule has 2 aromatic rings. The molecule has 0 aliphatic carbocycles.